The van der Waals surface area contributed by atoms with Gasteiger partial charge in [0.15, 0.2) is 0 Å². The average Bonchev–Trinajstić information content (AvgIpc) is 2.28. The third-order valence-electron chi connectivity index (χ3n) is 1.71. The van der Waals surface area contributed by atoms with E-state index in [2.05, 4.69) is 31.0 Å². The Morgan fingerprint density at radius 2 is 2.11 bits per heavy atom. The van der Waals surface area contributed by atoms with Crippen LogP contribution in [-0.2, 0) is 14.3 Å². The SMILES string of the molecule is CC#CC(=O)OCCOCSSC(C)(C)CNC. The van der Waals surface area contributed by atoms with Crippen LogP contribution in [0.25, 0.3) is 0 Å². The van der Waals surface area contributed by atoms with Gasteiger partial charge in [0.2, 0.25) is 0 Å². The lowest BCUT2D eigenvalue weighted by atomic mass is 10.2. The molecule has 0 rings (SSSR count). The first-order valence-corrected chi connectivity index (χ1v) is 7.96. The van der Waals surface area contributed by atoms with E-state index in [-0.39, 0.29) is 11.4 Å². The summed E-state index contributed by atoms with van der Waals surface area (Å²) < 4.78 is 10.3. The number of ether oxygens (including phenoxy) is 2. The van der Waals surface area contributed by atoms with E-state index in [1.54, 1.807) is 28.5 Å². The largest absolute Gasteiger partial charge is 0.454 e. The van der Waals surface area contributed by atoms with E-state index >= 15 is 0 Å². The molecule has 0 saturated heterocycles. The first-order chi connectivity index (χ1) is 8.52. The van der Waals surface area contributed by atoms with Crippen LogP contribution in [-0.4, -0.2) is 43.5 Å². The lowest BCUT2D eigenvalue weighted by molar-refractivity contribution is -0.137. The van der Waals surface area contributed by atoms with E-state index in [4.69, 9.17) is 9.47 Å². The number of hydrogen-bond donors (Lipinski definition) is 1. The van der Waals surface area contributed by atoms with Crippen LogP contribution in [0.1, 0.15) is 20.8 Å². The quantitative estimate of drug-likeness (QED) is 0.175. The molecule has 0 unspecified atom stereocenters. The third-order valence-corrected chi connectivity index (χ3v) is 4.68. The van der Waals surface area contributed by atoms with Crippen LogP contribution in [0, 0.1) is 11.8 Å². The molecule has 0 fully saturated rings. The Kier molecular flexibility index (Phi) is 10.4. The fraction of sp³-hybridized carbons (Fsp3) is 0.750. The Balaban J connectivity index is 3.40. The molecule has 0 aliphatic carbocycles. The summed E-state index contributed by atoms with van der Waals surface area (Å²) in [6, 6.07) is 0. The molecule has 0 heterocycles. The molecule has 18 heavy (non-hydrogen) atoms. The van der Waals surface area contributed by atoms with Crippen molar-refractivity contribution in [1.82, 2.24) is 5.32 Å². The molecule has 0 aromatic heterocycles. The number of nitrogens with one attached hydrogen (secondary N) is 1. The van der Waals surface area contributed by atoms with E-state index < -0.39 is 5.97 Å². The van der Waals surface area contributed by atoms with Crippen LogP contribution in [0.4, 0.5) is 0 Å². The molecule has 104 valence electrons. The van der Waals surface area contributed by atoms with Crippen molar-refractivity contribution in [1.29, 1.82) is 0 Å². The number of esters is 1. The highest BCUT2D eigenvalue weighted by atomic mass is 33.1. The van der Waals surface area contributed by atoms with Crippen LogP contribution in [0.2, 0.25) is 0 Å². The van der Waals surface area contributed by atoms with Crippen molar-refractivity contribution >= 4 is 27.6 Å². The molecular formula is C12H21NO3S2. The Hall–Kier alpha value is -0.350. The van der Waals surface area contributed by atoms with Crippen molar-refractivity contribution in [2.45, 2.75) is 25.5 Å². The van der Waals surface area contributed by atoms with E-state index in [0.29, 0.717) is 12.5 Å². The van der Waals surface area contributed by atoms with Crippen molar-refractivity contribution in [2.75, 3.05) is 32.7 Å². The van der Waals surface area contributed by atoms with Crippen LogP contribution >= 0.6 is 21.6 Å². The van der Waals surface area contributed by atoms with Gasteiger partial charge in [-0.3, -0.25) is 0 Å². The second-order valence-corrected chi connectivity index (χ2v) is 6.98. The summed E-state index contributed by atoms with van der Waals surface area (Å²) in [4.78, 5) is 10.9. The summed E-state index contributed by atoms with van der Waals surface area (Å²) in [5, 5.41) is 3.15. The molecular weight excluding hydrogens is 270 g/mol. The molecule has 0 radical (unpaired) electrons. The maximum absolute atomic E-state index is 10.9. The molecule has 1 N–H and O–H groups in total. The van der Waals surface area contributed by atoms with Gasteiger partial charge in [-0.2, -0.15) is 0 Å². The van der Waals surface area contributed by atoms with Gasteiger partial charge in [0, 0.05) is 17.2 Å². The zero-order valence-corrected chi connectivity index (χ0v) is 13.0. The zero-order valence-electron chi connectivity index (χ0n) is 11.4. The zero-order chi connectivity index (χ0) is 13.9. The second kappa shape index (κ2) is 10.6. The summed E-state index contributed by atoms with van der Waals surface area (Å²) in [5.41, 5.74) is 0. The van der Waals surface area contributed by atoms with Crippen molar-refractivity contribution in [3.63, 3.8) is 0 Å². The summed E-state index contributed by atoms with van der Waals surface area (Å²) in [6.45, 7) is 7.53. The van der Waals surface area contributed by atoms with Crippen LogP contribution < -0.4 is 5.32 Å². The molecule has 0 aromatic carbocycles. The van der Waals surface area contributed by atoms with Gasteiger partial charge in [0.1, 0.15) is 12.5 Å². The van der Waals surface area contributed by atoms with Gasteiger partial charge in [0.05, 0.1) is 6.61 Å². The van der Waals surface area contributed by atoms with E-state index in [0.717, 1.165) is 6.54 Å². The number of carbonyl (C=O) groups excluding carboxylic acids is 1. The monoisotopic (exact) mass is 291 g/mol. The predicted molar refractivity (Wildman–Crippen MR) is 78.4 cm³/mol. The molecule has 0 spiro atoms. The van der Waals surface area contributed by atoms with Crippen molar-refractivity contribution in [3.05, 3.63) is 0 Å². The first-order valence-electron chi connectivity index (χ1n) is 5.64. The molecule has 0 bridgehead atoms. The standard InChI is InChI=1S/C12H21NO3S2/c1-5-6-11(14)16-8-7-15-10-17-18-12(2,3)9-13-4/h13H,7-10H2,1-4H3. The number of rotatable bonds is 9. The minimum Gasteiger partial charge on any atom is -0.454 e. The van der Waals surface area contributed by atoms with E-state index in [1.807, 2.05) is 7.05 Å². The summed E-state index contributed by atoms with van der Waals surface area (Å²) in [6.07, 6.45) is 0. The smallest absolute Gasteiger partial charge is 0.384 e. The van der Waals surface area contributed by atoms with Crippen molar-refractivity contribution in [3.8, 4) is 11.8 Å². The second-order valence-electron chi connectivity index (χ2n) is 4.03. The third kappa shape index (κ3) is 10.8. The Morgan fingerprint density at radius 1 is 1.39 bits per heavy atom. The Morgan fingerprint density at radius 3 is 2.72 bits per heavy atom. The van der Waals surface area contributed by atoms with Gasteiger partial charge < -0.3 is 14.8 Å². The topological polar surface area (TPSA) is 47.6 Å². The highest BCUT2D eigenvalue weighted by Gasteiger charge is 2.17. The van der Waals surface area contributed by atoms with Gasteiger partial charge >= 0.3 is 5.97 Å². The van der Waals surface area contributed by atoms with Gasteiger partial charge in [0.25, 0.3) is 0 Å². The number of hydrogen-bond acceptors (Lipinski definition) is 6. The first kappa shape index (κ1) is 17.6. The van der Waals surface area contributed by atoms with Crippen LogP contribution in [0.15, 0.2) is 0 Å². The minimum atomic E-state index is -0.502. The molecule has 0 aliphatic rings. The van der Waals surface area contributed by atoms with E-state index in [9.17, 15) is 4.79 Å². The van der Waals surface area contributed by atoms with Gasteiger partial charge in [-0.1, -0.05) is 27.5 Å². The highest BCUT2D eigenvalue weighted by molar-refractivity contribution is 8.77. The highest BCUT2D eigenvalue weighted by Crippen LogP contribution is 2.34. The number of carbonyl (C=O) groups is 1. The maximum Gasteiger partial charge on any atom is 0.384 e. The fourth-order valence-electron chi connectivity index (χ4n) is 1.06. The van der Waals surface area contributed by atoms with Gasteiger partial charge in [-0.05, 0) is 27.8 Å². The molecule has 0 aliphatic heterocycles. The normalized spacial score (nSPS) is 10.7. The molecule has 6 heteroatoms. The molecule has 0 saturated carbocycles. The summed E-state index contributed by atoms with van der Waals surface area (Å²) in [7, 11) is 5.37. The lowest BCUT2D eigenvalue weighted by Crippen LogP contribution is -2.28. The molecule has 4 nitrogen and oxygen atoms in total. The minimum absolute atomic E-state index is 0.173. The summed E-state index contributed by atoms with van der Waals surface area (Å²) >= 11 is 0. The fourth-order valence-corrected chi connectivity index (χ4v) is 3.30. The predicted octanol–water partition coefficient (Wildman–Crippen LogP) is 1.91. The van der Waals surface area contributed by atoms with E-state index in [1.165, 1.54) is 0 Å². The van der Waals surface area contributed by atoms with Crippen molar-refractivity contribution < 1.29 is 14.3 Å². The van der Waals surface area contributed by atoms with Gasteiger partial charge in [-0.15, -0.1) is 0 Å². The van der Waals surface area contributed by atoms with Crippen LogP contribution in [0.3, 0.4) is 0 Å². The maximum atomic E-state index is 10.9. The Labute approximate surface area is 117 Å². The Bertz CT molecular complexity index is 297. The molecule has 0 atom stereocenters. The average molecular weight is 291 g/mol. The summed E-state index contributed by atoms with van der Waals surface area (Å²) in [5.74, 6) is 4.85. The van der Waals surface area contributed by atoms with Crippen LogP contribution in [0.5, 0.6) is 0 Å². The lowest BCUT2D eigenvalue weighted by Gasteiger charge is -2.22. The molecule has 0 amide bonds. The van der Waals surface area contributed by atoms with Gasteiger partial charge in [-0.25, -0.2) is 4.79 Å². The van der Waals surface area contributed by atoms with Crippen molar-refractivity contribution in [2.24, 2.45) is 0 Å². The molecule has 0 aromatic rings.